The van der Waals surface area contributed by atoms with Gasteiger partial charge in [-0.1, -0.05) is 11.8 Å². The van der Waals surface area contributed by atoms with Gasteiger partial charge in [-0.15, -0.1) is 0 Å². The molecule has 0 N–H and O–H groups in total. The van der Waals surface area contributed by atoms with Gasteiger partial charge in [-0.2, -0.15) is 0 Å². The van der Waals surface area contributed by atoms with Gasteiger partial charge < -0.3 is 47.4 Å². The van der Waals surface area contributed by atoms with Crippen LogP contribution in [-0.2, 0) is 47.4 Å². The van der Waals surface area contributed by atoms with Gasteiger partial charge in [-0.3, -0.25) is 0 Å². The molecule has 10 heteroatoms. The zero-order valence-corrected chi connectivity index (χ0v) is 19.2. The molecule has 0 atom stereocenters. The van der Waals surface area contributed by atoms with Gasteiger partial charge in [0, 0.05) is 0 Å². The molecule has 0 radical (unpaired) electrons. The third kappa shape index (κ3) is 23.8. The second kappa shape index (κ2) is 26.4. The van der Waals surface area contributed by atoms with E-state index in [-0.39, 0.29) is 0 Å². The summed E-state index contributed by atoms with van der Waals surface area (Å²) in [7, 11) is 0. The summed E-state index contributed by atoms with van der Waals surface area (Å²) in [5, 5.41) is 0. The molecule has 0 saturated carbocycles. The molecule has 0 spiro atoms. The lowest BCUT2D eigenvalue weighted by Crippen LogP contribution is -2.15. The van der Waals surface area contributed by atoms with Gasteiger partial charge in [0.05, 0.1) is 119 Å². The van der Waals surface area contributed by atoms with Crippen LogP contribution >= 0.6 is 0 Å². The summed E-state index contributed by atoms with van der Waals surface area (Å²) in [6.45, 7) is 10.1. The summed E-state index contributed by atoms with van der Waals surface area (Å²) >= 11 is 0. The molecular formula is C22H40O10. The molecular weight excluding hydrogens is 424 g/mol. The van der Waals surface area contributed by atoms with Crippen molar-refractivity contribution in [2.75, 3.05) is 132 Å². The molecule has 0 amide bonds. The van der Waals surface area contributed by atoms with Crippen molar-refractivity contribution in [1.82, 2.24) is 0 Å². The summed E-state index contributed by atoms with van der Waals surface area (Å²) in [6.07, 6.45) is 0. The summed E-state index contributed by atoms with van der Waals surface area (Å²) in [5.74, 6) is 5.78. The molecule has 1 aliphatic rings. The average Bonchev–Trinajstić information content (AvgIpc) is 2.80. The first kappa shape index (κ1) is 29.2. The lowest BCUT2D eigenvalue weighted by molar-refractivity contribution is -0.0258. The van der Waals surface area contributed by atoms with Crippen molar-refractivity contribution in [1.29, 1.82) is 0 Å². The molecule has 32 heavy (non-hydrogen) atoms. The van der Waals surface area contributed by atoms with E-state index in [9.17, 15) is 0 Å². The van der Waals surface area contributed by atoms with Crippen LogP contribution < -0.4 is 0 Å². The Balaban J connectivity index is 2.05. The zero-order chi connectivity index (χ0) is 22.6. The average molecular weight is 465 g/mol. The molecule has 0 saturated heterocycles. The fourth-order valence-electron chi connectivity index (χ4n) is 2.23. The monoisotopic (exact) mass is 464 g/mol. The smallest absolute Gasteiger partial charge is 0.107 e. The predicted octanol–water partition coefficient (Wildman–Crippen LogP) is 0.169. The van der Waals surface area contributed by atoms with Gasteiger partial charge >= 0.3 is 0 Å². The van der Waals surface area contributed by atoms with Crippen molar-refractivity contribution in [3.05, 3.63) is 0 Å². The number of rotatable bonds is 0. The largest absolute Gasteiger partial charge is 0.377 e. The lowest BCUT2D eigenvalue weighted by Gasteiger charge is -2.09. The van der Waals surface area contributed by atoms with Crippen molar-refractivity contribution in [3.63, 3.8) is 0 Å². The molecule has 0 aliphatic carbocycles. The lowest BCUT2D eigenvalue weighted by atomic mass is 10.6. The first-order valence-electron chi connectivity index (χ1n) is 11.2. The van der Waals surface area contributed by atoms with Crippen LogP contribution in [0.1, 0.15) is 0 Å². The van der Waals surface area contributed by atoms with E-state index in [2.05, 4.69) is 11.8 Å². The van der Waals surface area contributed by atoms with Crippen LogP contribution in [0.25, 0.3) is 0 Å². The number of hydrogen-bond acceptors (Lipinski definition) is 10. The predicted molar refractivity (Wildman–Crippen MR) is 116 cm³/mol. The molecule has 0 aromatic rings. The summed E-state index contributed by atoms with van der Waals surface area (Å²) < 4.78 is 54.1. The molecule has 0 fully saturated rings. The highest BCUT2D eigenvalue weighted by molar-refractivity contribution is 4.99. The standard InChI is InChI=1S/C22H40O10/c1-2-4-24-6-8-26-10-12-28-14-16-30-18-20-32-22-21-31-19-17-29-15-13-27-11-9-25-7-5-23-3-1/h3-22H2. The van der Waals surface area contributed by atoms with E-state index < -0.39 is 0 Å². The summed E-state index contributed by atoms with van der Waals surface area (Å²) in [4.78, 5) is 0. The van der Waals surface area contributed by atoms with E-state index in [1.165, 1.54) is 0 Å². The summed E-state index contributed by atoms with van der Waals surface area (Å²) in [5.41, 5.74) is 0. The van der Waals surface area contributed by atoms with Gasteiger partial charge in [0.15, 0.2) is 0 Å². The van der Waals surface area contributed by atoms with Crippen LogP contribution in [0.4, 0.5) is 0 Å². The van der Waals surface area contributed by atoms with Crippen LogP contribution in [0.2, 0.25) is 0 Å². The molecule has 0 unspecified atom stereocenters. The number of ether oxygens (including phenoxy) is 10. The van der Waals surface area contributed by atoms with Crippen LogP contribution in [0, 0.1) is 11.8 Å². The Kier molecular flexibility index (Phi) is 24.1. The first-order valence-corrected chi connectivity index (χ1v) is 11.2. The van der Waals surface area contributed by atoms with Crippen molar-refractivity contribution in [2.45, 2.75) is 0 Å². The molecule has 1 aliphatic heterocycles. The maximum Gasteiger partial charge on any atom is 0.107 e. The van der Waals surface area contributed by atoms with Crippen LogP contribution in [0.15, 0.2) is 0 Å². The SMILES string of the molecule is C1#CCOCCOCCOCCOCCOCCOCCOCCOCCOCCOC1. The molecule has 1 heterocycles. The Morgan fingerprint density at radius 3 is 0.562 bits per heavy atom. The van der Waals surface area contributed by atoms with Crippen molar-refractivity contribution >= 4 is 0 Å². The van der Waals surface area contributed by atoms with Gasteiger partial charge in [0.25, 0.3) is 0 Å². The topological polar surface area (TPSA) is 92.3 Å². The normalized spacial score (nSPS) is 23.0. The van der Waals surface area contributed by atoms with E-state index in [4.69, 9.17) is 47.4 Å². The van der Waals surface area contributed by atoms with Crippen LogP contribution in [-0.4, -0.2) is 132 Å². The van der Waals surface area contributed by atoms with Crippen molar-refractivity contribution < 1.29 is 47.4 Å². The van der Waals surface area contributed by atoms with Crippen molar-refractivity contribution in [3.8, 4) is 11.8 Å². The maximum absolute atomic E-state index is 5.43. The zero-order valence-electron chi connectivity index (χ0n) is 19.2. The molecule has 0 bridgehead atoms. The molecule has 1 rings (SSSR count). The fourth-order valence-corrected chi connectivity index (χ4v) is 2.23. The highest BCUT2D eigenvalue weighted by atomic mass is 16.6. The second-order valence-electron chi connectivity index (χ2n) is 6.36. The van der Waals surface area contributed by atoms with Crippen molar-refractivity contribution in [2.24, 2.45) is 0 Å². The first-order chi connectivity index (χ1) is 16.0. The highest BCUT2D eigenvalue weighted by Crippen LogP contribution is 1.86. The Bertz CT molecular complexity index is 391. The van der Waals surface area contributed by atoms with Gasteiger partial charge in [-0.25, -0.2) is 0 Å². The van der Waals surface area contributed by atoms with Crippen LogP contribution in [0.3, 0.4) is 0 Å². The van der Waals surface area contributed by atoms with E-state index in [1.807, 2.05) is 0 Å². The minimum atomic E-state index is 0.356. The quantitative estimate of drug-likeness (QED) is 0.462. The molecule has 188 valence electrons. The third-order valence-corrected chi connectivity index (χ3v) is 3.82. The highest BCUT2D eigenvalue weighted by Gasteiger charge is 1.95. The molecule has 0 aromatic carbocycles. The Morgan fingerprint density at radius 1 is 0.219 bits per heavy atom. The Morgan fingerprint density at radius 2 is 0.375 bits per heavy atom. The number of hydrogen-bond donors (Lipinski definition) is 0. The van der Waals surface area contributed by atoms with Gasteiger partial charge in [-0.05, 0) is 0 Å². The fraction of sp³-hybridized carbons (Fsp3) is 0.909. The van der Waals surface area contributed by atoms with Gasteiger partial charge in [0.1, 0.15) is 13.2 Å². The van der Waals surface area contributed by atoms with E-state index in [0.29, 0.717) is 132 Å². The molecule has 0 aromatic heterocycles. The van der Waals surface area contributed by atoms with Crippen LogP contribution in [0.5, 0.6) is 0 Å². The third-order valence-electron chi connectivity index (χ3n) is 3.82. The Labute approximate surface area is 192 Å². The second-order valence-corrected chi connectivity index (χ2v) is 6.36. The van der Waals surface area contributed by atoms with E-state index >= 15 is 0 Å². The van der Waals surface area contributed by atoms with Gasteiger partial charge in [0.2, 0.25) is 0 Å². The minimum Gasteiger partial charge on any atom is -0.377 e. The van der Waals surface area contributed by atoms with E-state index in [1.54, 1.807) is 0 Å². The maximum atomic E-state index is 5.43. The minimum absolute atomic E-state index is 0.356. The molecule has 10 nitrogen and oxygen atoms in total. The summed E-state index contributed by atoms with van der Waals surface area (Å²) in [6, 6.07) is 0. The van der Waals surface area contributed by atoms with E-state index in [0.717, 1.165) is 0 Å². The Hall–Kier alpha value is -0.840.